The molecule has 2 aromatic carbocycles. The van der Waals surface area contributed by atoms with Gasteiger partial charge in [-0.1, -0.05) is 12.1 Å². The highest BCUT2D eigenvalue weighted by atomic mass is 32.1. The summed E-state index contributed by atoms with van der Waals surface area (Å²) in [5.74, 6) is -3.09. The number of phenols is 1. The molecule has 0 unspecified atom stereocenters. The lowest BCUT2D eigenvalue weighted by Gasteiger charge is -2.02. The second-order valence-corrected chi connectivity index (χ2v) is 6.92. The number of aromatic hydroxyl groups is 1. The zero-order valence-corrected chi connectivity index (χ0v) is 14.4. The number of hydrogen-bond donors (Lipinski definition) is 1. The zero-order chi connectivity index (χ0) is 18.4. The van der Waals surface area contributed by atoms with Gasteiger partial charge in [0, 0.05) is 18.1 Å². The molecule has 0 amide bonds. The molecule has 0 spiro atoms. The van der Waals surface area contributed by atoms with E-state index in [1.165, 1.54) is 17.4 Å². The van der Waals surface area contributed by atoms with Crippen LogP contribution in [0.15, 0.2) is 47.4 Å². The SMILES string of the molecule is Cn1c(=O)n(Cc2cnc(-c3ccc(F)c(O)c3F)s2)c2ccccc21. The molecule has 2 aromatic heterocycles. The van der Waals surface area contributed by atoms with Crippen molar-refractivity contribution in [3.05, 3.63) is 69.6 Å². The summed E-state index contributed by atoms with van der Waals surface area (Å²) < 4.78 is 30.5. The van der Waals surface area contributed by atoms with Crippen molar-refractivity contribution in [3.63, 3.8) is 0 Å². The van der Waals surface area contributed by atoms with E-state index in [1.807, 2.05) is 24.3 Å². The lowest BCUT2D eigenvalue weighted by molar-refractivity contribution is 0.397. The maximum atomic E-state index is 14.1. The number of fused-ring (bicyclic) bond motifs is 1. The van der Waals surface area contributed by atoms with Crippen LogP contribution in [0.3, 0.4) is 0 Å². The first-order valence-electron chi connectivity index (χ1n) is 7.73. The molecule has 0 aliphatic heterocycles. The van der Waals surface area contributed by atoms with E-state index >= 15 is 0 Å². The summed E-state index contributed by atoms with van der Waals surface area (Å²) in [4.78, 5) is 17.4. The highest BCUT2D eigenvalue weighted by molar-refractivity contribution is 7.15. The van der Waals surface area contributed by atoms with Crippen LogP contribution in [0.4, 0.5) is 8.78 Å². The minimum absolute atomic E-state index is 0.0189. The first-order valence-corrected chi connectivity index (χ1v) is 8.55. The predicted octanol–water partition coefficient (Wildman–Crippen LogP) is 3.50. The number of thiazole rings is 1. The first-order chi connectivity index (χ1) is 12.5. The highest BCUT2D eigenvalue weighted by Gasteiger charge is 2.17. The zero-order valence-electron chi connectivity index (χ0n) is 13.6. The third kappa shape index (κ3) is 2.50. The van der Waals surface area contributed by atoms with Gasteiger partial charge in [-0.15, -0.1) is 11.3 Å². The lowest BCUT2D eigenvalue weighted by atomic mass is 10.2. The fraction of sp³-hybridized carbons (Fsp3) is 0.111. The summed E-state index contributed by atoms with van der Waals surface area (Å²) in [6.07, 6.45) is 1.55. The molecule has 132 valence electrons. The topological polar surface area (TPSA) is 60.0 Å². The van der Waals surface area contributed by atoms with Crippen molar-refractivity contribution in [2.24, 2.45) is 7.05 Å². The van der Waals surface area contributed by atoms with E-state index in [4.69, 9.17) is 0 Å². The van der Waals surface area contributed by atoms with Crippen LogP contribution in [-0.2, 0) is 13.6 Å². The van der Waals surface area contributed by atoms with E-state index in [-0.39, 0.29) is 17.8 Å². The van der Waals surface area contributed by atoms with Crippen LogP contribution < -0.4 is 5.69 Å². The fourth-order valence-corrected chi connectivity index (χ4v) is 3.80. The van der Waals surface area contributed by atoms with Gasteiger partial charge in [0.25, 0.3) is 0 Å². The molecule has 0 saturated heterocycles. The van der Waals surface area contributed by atoms with E-state index in [0.29, 0.717) is 5.01 Å². The average molecular weight is 373 g/mol. The Morgan fingerprint density at radius 2 is 1.88 bits per heavy atom. The second-order valence-electron chi connectivity index (χ2n) is 5.81. The summed E-state index contributed by atoms with van der Waals surface area (Å²) in [6.45, 7) is 0.284. The van der Waals surface area contributed by atoms with Gasteiger partial charge in [0.15, 0.2) is 17.4 Å². The van der Waals surface area contributed by atoms with Crippen LogP contribution in [0.5, 0.6) is 5.75 Å². The van der Waals surface area contributed by atoms with Crippen LogP contribution in [0.2, 0.25) is 0 Å². The molecule has 5 nitrogen and oxygen atoms in total. The Labute approximate surface area is 150 Å². The molecule has 0 radical (unpaired) electrons. The average Bonchev–Trinajstić information content (AvgIpc) is 3.19. The van der Waals surface area contributed by atoms with E-state index in [2.05, 4.69) is 4.98 Å². The van der Waals surface area contributed by atoms with Gasteiger partial charge in [0.05, 0.1) is 23.1 Å². The van der Waals surface area contributed by atoms with Crippen LogP contribution >= 0.6 is 11.3 Å². The van der Waals surface area contributed by atoms with Gasteiger partial charge in [-0.2, -0.15) is 0 Å². The quantitative estimate of drug-likeness (QED) is 0.598. The van der Waals surface area contributed by atoms with Gasteiger partial charge in [-0.3, -0.25) is 9.13 Å². The maximum Gasteiger partial charge on any atom is 0.329 e. The molecule has 4 aromatic rings. The number of imidazole rings is 1. The van der Waals surface area contributed by atoms with Crippen LogP contribution in [0.1, 0.15) is 4.88 Å². The van der Waals surface area contributed by atoms with E-state index in [0.717, 1.165) is 22.0 Å². The molecule has 26 heavy (non-hydrogen) atoms. The van der Waals surface area contributed by atoms with Gasteiger partial charge >= 0.3 is 5.69 Å². The summed E-state index contributed by atoms with van der Waals surface area (Å²) >= 11 is 1.18. The smallest absolute Gasteiger partial charge is 0.329 e. The first kappa shape index (κ1) is 16.5. The standard InChI is InChI=1S/C18H13F2N3O2S/c1-22-13-4-2-3-5-14(13)23(18(22)25)9-10-8-21-17(26-10)11-6-7-12(19)16(24)15(11)20/h2-8,24H,9H2,1H3. The molecule has 0 aliphatic rings. The fourth-order valence-electron chi connectivity index (χ4n) is 2.88. The van der Waals surface area contributed by atoms with Crippen molar-refractivity contribution in [2.45, 2.75) is 6.54 Å². The molecule has 0 bridgehead atoms. The van der Waals surface area contributed by atoms with Gasteiger partial charge in [0.1, 0.15) is 5.01 Å². The molecule has 0 fully saturated rings. The van der Waals surface area contributed by atoms with Gasteiger partial charge in [-0.05, 0) is 24.3 Å². The molecule has 1 N–H and O–H groups in total. The summed E-state index contributed by atoms with van der Waals surface area (Å²) in [7, 11) is 1.70. The normalized spacial score (nSPS) is 11.3. The van der Waals surface area contributed by atoms with Crippen molar-refractivity contribution in [3.8, 4) is 16.3 Å². The van der Waals surface area contributed by atoms with E-state index in [9.17, 15) is 18.7 Å². The third-order valence-electron chi connectivity index (χ3n) is 4.22. The number of phenolic OH excluding ortho intramolecular Hbond substituents is 1. The number of nitrogens with zero attached hydrogens (tertiary/aromatic N) is 3. The summed E-state index contributed by atoms with van der Waals surface area (Å²) in [5, 5.41) is 9.73. The Bertz CT molecular complexity index is 1190. The van der Waals surface area contributed by atoms with Crippen LogP contribution in [0, 0.1) is 11.6 Å². The van der Waals surface area contributed by atoms with Gasteiger partial charge in [0.2, 0.25) is 0 Å². The monoisotopic (exact) mass is 373 g/mol. The van der Waals surface area contributed by atoms with Crippen LogP contribution in [-0.4, -0.2) is 19.2 Å². The number of benzene rings is 2. The summed E-state index contributed by atoms with van der Waals surface area (Å²) in [5.41, 5.74) is 1.47. The predicted molar refractivity (Wildman–Crippen MR) is 95.4 cm³/mol. The Balaban J connectivity index is 1.74. The molecule has 8 heteroatoms. The summed E-state index contributed by atoms with van der Waals surface area (Å²) in [6, 6.07) is 9.66. The number of hydrogen-bond acceptors (Lipinski definition) is 4. The molecule has 4 rings (SSSR count). The largest absolute Gasteiger partial charge is 0.503 e. The third-order valence-corrected chi connectivity index (χ3v) is 5.23. The Kier molecular flexibility index (Phi) is 3.84. The van der Waals surface area contributed by atoms with E-state index < -0.39 is 17.4 Å². The van der Waals surface area contributed by atoms with Crippen molar-refractivity contribution in [1.29, 1.82) is 0 Å². The maximum absolute atomic E-state index is 14.1. The Hall–Kier alpha value is -3.00. The molecular weight excluding hydrogens is 360 g/mol. The van der Waals surface area contributed by atoms with Crippen molar-refractivity contribution < 1.29 is 13.9 Å². The molecule has 0 saturated carbocycles. The molecule has 0 atom stereocenters. The number of aryl methyl sites for hydroxylation is 1. The Morgan fingerprint density at radius 3 is 2.65 bits per heavy atom. The number of rotatable bonds is 3. The molecular formula is C18H13F2N3O2S. The second kappa shape index (κ2) is 6.06. The number of halogens is 2. The van der Waals surface area contributed by atoms with Crippen molar-refractivity contribution in [2.75, 3.05) is 0 Å². The molecule has 0 aliphatic carbocycles. The number of para-hydroxylation sites is 2. The minimum atomic E-state index is -1.05. The highest BCUT2D eigenvalue weighted by Crippen LogP contribution is 2.33. The molecule has 2 heterocycles. The van der Waals surface area contributed by atoms with E-state index in [1.54, 1.807) is 22.4 Å². The van der Waals surface area contributed by atoms with Crippen LogP contribution in [0.25, 0.3) is 21.6 Å². The Morgan fingerprint density at radius 1 is 1.15 bits per heavy atom. The van der Waals surface area contributed by atoms with Crippen molar-refractivity contribution in [1.82, 2.24) is 14.1 Å². The lowest BCUT2D eigenvalue weighted by Crippen LogP contribution is -2.22. The van der Waals surface area contributed by atoms with Gasteiger partial charge in [-0.25, -0.2) is 18.6 Å². The van der Waals surface area contributed by atoms with Crippen molar-refractivity contribution >= 4 is 22.4 Å². The minimum Gasteiger partial charge on any atom is -0.503 e. The van der Waals surface area contributed by atoms with Gasteiger partial charge < -0.3 is 5.11 Å². The number of aromatic nitrogens is 3.